The third kappa shape index (κ3) is 6.91. The van der Waals surface area contributed by atoms with E-state index < -0.39 is 6.10 Å². The standard InChI is InChI=1S/C20H34N2O2/c1-8-16(18(23)22-21)24-17-10-9-14(12-19(2,3)4)11-15(17)13-20(5,6)7/h9-11,16H,8,12-13,21H2,1-7H3,(H,22,23). The molecule has 1 unspecified atom stereocenters. The first kappa shape index (κ1) is 20.5. The molecule has 1 rings (SSSR count). The van der Waals surface area contributed by atoms with Crippen LogP contribution in [0.1, 0.15) is 66.0 Å². The topological polar surface area (TPSA) is 64.3 Å². The third-order valence-electron chi connectivity index (χ3n) is 3.65. The van der Waals surface area contributed by atoms with E-state index in [4.69, 9.17) is 10.6 Å². The lowest BCUT2D eigenvalue weighted by atomic mass is 9.84. The zero-order valence-electron chi connectivity index (χ0n) is 16.3. The molecular formula is C20H34N2O2. The van der Waals surface area contributed by atoms with Crippen molar-refractivity contribution in [1.29, 1.82) is 0 Å². The maximum atomic E-state index is 11.8. The molecule has 0 bridgehead atoms. The molecule has 4 nitrogen and oxygen atoms in total. The van der Waals surface area contributed by atoms with Gasteiger partial charge in [0.2, 0.25) is 0 Å². The van der Waals surface area contributed by atoms with Crippen LogP contribution in [0.5, 0.6) is 5.75 Å². The second kappa shape index (κ2) is 8.02. The molecule has 0 aliphatic rings. The Kier molecular flexibility index (Phi) is 6.85. The highest BCUT2D eigenvalue weighted by atomic mass is 16.5. The molecule has 1 aromatic carbocycles. The summed E-state index contributed by atoms with van der Waals surface area (Å²) in [5.74, 6) is 5.74. The van der Waals surface area contributed by atoms with Gasteiger partial charge in [0.15, 0.2) is 6.10 Å². The van der Waals surface area contributed by atoms with Gasteiger partial charge in [0, 0.05) is 0 Å². The number of benzene rings is 1. The lowest BCUT2D eigenvalue weighted by Gasteiger charge is -2.25. The molecule has 24 heavy (non-hydrogen) atoms. The van der Waals surface area contributed by atoms with Crippen molar-refractivity contribution >= 4 is 5.91 Å². The van der Waals surface area contributed by atoms with Crippen LogP contribution in [0, 0.1) is 10.8 Å². The van der Waals surface area contributed by atoms with Gasteiger partial charge < -0.3 is 4.74 Å². The molecule has 0 fully saturated rings. The Labute approximate surface area is 147 Å². The average molecular weight is 335 g/mol. The van der Waals surface area contributed by atoms with E-state index in [0.717, 1.165) is 24.2 Å². The monoisotopic (exact) mass is 334 g/mol. The molecule has 1 atom stereocenters. The van der Waals surface area contributed by atoms with Crippen LogP contribution in [0.25, 0.3) is 0 Å². The minimum Gasteiger partial charge on any atom is -0.480 e. The van der Waals surface area contributed by atoms with Crippen LogP contribution in [-0.2, 0) is 17.6 Å². The van der Waals surface area contributed by atoms with Crippen molar-refractivity contribution < 1.29 is 9.53 Å². The predicted octanol–water partition coefficient (Wildman–Crippen LogP) is 4.01. The smallest absolute Gasteiger partial charge is 0.274 e. The quantitative estimate of drug-likeness (QED) is 0.469. The summed E-state index contributed by atoms with van der Waals surface area (Å²) in [7, 11) is 0. The van der Waals surface area contributed by atoms with Gasteiger partial charge in [-0.2, -0.15) is 0 Å². The first-order chi connectivity index (χ1) is 10.9. The number of nitrogens with two attached hydrogens (primary N) is 1. The third-order valence-corrected chi connectivity index (χ3v) is 3.65. The van der Waals surface area contributed by atoms with E-state index in [1.165, 1.54) is 5.56 Å². The molecule has 0 aromatic heterocycles. The highest BCUT2D eigenvalue weighted by molar-refractivity contribution is 5.80. The van der Waals surface area contributed by atoms with Crippen LogP contribution in [0.2, 0.25) is 0 Å². The molecule has 1 aromatic rings. The van der Waals surface area contributed by atoms with Crippen LogP contribution >= 0.6 is 0 Å². The highest BCUT2D eigenvalue weighted by Gasteiger charge is 2.22. The maximum Gasteiger partial charge on any atom is 0.274 e. The number of nitrogens with one attached hydrogen (secondary N) is 1. The Morgan fingerprint density at radius 2 is 1.71 bits per heavy atom. The summed E-state index contributed by atoms with van der Waals surface area (Å²) in [6.07, 6.45) is 1.90. The fraction of sp³-hybridized carbons (Fsp3) is 0.650. The van der Waals surface area contributed by atoms with Gasteiger partial charge in [-0.25, -0.2) is 5.84 Å². The fourth-order valence-corrected chi connectivity index (χ4v) is 2.75. The summed E-state index contributed by atoms with van der Waals surface area (Å²) in [6, 6.07) is 6.31. The van der Waals surface area contributed by atoms with Gasteiger partial charge in [0.05, 0.1) is 0 Å². The van der Waals surface area contributed by atoms with E-state index in [2.05, 4.69) is 59.1 Å². The van der Waals surface area contributed by atoms with Crippen LogP contribution in [0.15, 0.2) is 18.2 Å². The number of rotatable bonds is 6. The van der Waals surface area contributed by atoms with Crippen molar-refractivity contribution in [3.63, 3.8) is 0 Å². The number of carbonyl (C=O) groups excluding carboxylic acids is 1. The molecule has 0 aliphatic carbocycles. The summed E-state index contributed by atoms with van der Waals surface area (Å²) in [5, 5.41) is 0. The number of hydrazine groups is 1. The van der Waals surface area contributed by atoms with E-state index in [1.807, 2.05) is 13.0 Å². The molecule has 0 saturated heterocycles. The number of hydrogen-bond donors (Lipinski definition) is 2. The van der Waals surface area contributed by atoms with E-state index in [0.29, 0.717) is 6.42 Å². The lowest BCUT2D eigenvalue weighted by Crippen LogP contribution is -2.41. The molecule has 4 heteroatoms. The van der Waals surface area contributed by atoms with Gasteiger partial charge in [0.25, 0.3) is 5.91 Å². The van der Waals surface area contributed by atoms with Gasteiger partial charge >= 0.3 is 0 Å². The second-order valence-electron chi connectivity index (χ2n) is 8.94. The van der Waals surface area contributed by atoms with Gasteiger partial charge in [-0.1, -0.05) is 60.6 Å². The van der Waals surface area contributed by atoms with E-state index in [1.54, 1.807) is 0 Å². The number of carbonyl (C=O) groups is 1. The maximum absolute atomic E-state index is 11.8. The summed E-state index contributed by atoms with van der Waals surface area (Å²) < 4.78 is 5.99. The Morgan fingerprint density at radius 3 is 2.17 bits per heavy atom. The minimum absolute atomic E-state index is 0.135. The molecule has 0 spiro atoms. The molecule has 0 aliphatic heterocycles. The fourth-order valence-electron chi connectivity index (χ4n) is 2.75. The summed E-state index contributed by atoms with van der Waals surface area (Å²) in [6.45, 7) is 15.2. The normalized spacial score (nSPS) is 13.5. The van der Waals surface area contributed by atoms with Crippen molar-refractivity contribution in [2.75, 3.05) is 0 Å². The summed E-state index contributed by atoms with van der Waals surface area (Å²) in [4.78, 5) is 11.8. The summed E-state index contributed by atoms with van der Waals surface area (Å²) in [5.41, 5.74) is 4.99. The van der Waals surface area contributed by atoms with Gasteiger partial charge in [0.1, 0.15) is 5.75 Å². The Balaban J connectivity index is 3.15. The van der Waals surface area contributed by atoms with Crippen molar-refractivity contribution in [2.24, 2.45) is 16.7 Å². The minimum atomic E-state index is -0.567. The number of hydrogen-bond acceptors (Lipinski definition) is 3. The lowest BCUT2D eigenvalue weighted by molar-refractivity contribution is -0.128. The van der Waals surface area contributed by atoms with Crippen LogP contribution < -0.4 is 16.0 Å². The molecule has 0 saturated carbocycles. The van der Waals surface area contributed by atoms with Crippen molar-refractivity contribution in [3.8, 4) is 5.75 Å². The zero-order valence-corrected chi connectivity index (χ0v) is 16.3. The molecule has 0 heterocycles. The van der Waals surface area contributed by atoms with Crippen molar-refractivity contribution in [1.82, 2.24) is 5.43 Å². The molecule has 3 N–H and O–H groups in total. The first-order valence-corrected chi connectivity index (χ1v) is 8.74. The Bertz CT molecular complexity index is 554. The second-order valence-corrected chi connectivity index (χ2v) is 8.94. The van der Waals surface area contributed by atoms with Gasteiger partial charge in [-0.15, -0.1) is 0 Å². The first-order valence-electron chi connectivity index (χ1n) is 8.74. The molecule has 1 amide bonds. The highest BCUT2D eigenvalue weighted by Crippen LogP contribution is 2.31. The molecular weight excluding hydrogens is 300 g/mol. The Morgan fingerprint density at radius 1 is 1.12 bits per heavy atom. The number of amides is 1. The Hall–Kier alpha value is -1.55. The van der Waals surface area contributed by atoms with Crippen LogP contribution in [0.3, 0.4) is 0 Å². The van der Waals surface area contributed by atoms with E-state index in [9.17, 15) is 4.79 Å². The number of ether oxygens (including phenoxy) is 1. The van der Waals surface area contributed by atoms with Crippen molar-refractivity contribution in [2.45, 2.75) is 73.8 Å². The van der Waals surface area contributed by atoms with Crippen LogP contribution in [-0.4, -0.2) is 12.0 Å². The molecule has 0 radical (unpaired) electrons. The van der Waals surface area contributed by atoms with Crippen LogP contribution in [0.4, 0.5) is 0 Å². The van der Waals surface area contributed by atoms with E-state index >= 15 is 0 Å². The molecule has 136 valence electrons. The SMILES string of the molecule is CCC(Oc1ccc(CC(C)(C)C)cc1CC(C)(C)C)C(=O)NN. The predicted molar refractivity (Wildman–Crippen MR) is 99.8 cm³/mol. The summed E-state index contributed by atoms with van der Waals surface area (Å²) >= 11 is 0. The van der Waals surface area contributed by atoms with Crippen molar-refractivity contribution in [3.05, 3.63) is 29.3 Å². The largest absolute Gasteiger partial charge is 0.480 e. The average Bonchev–Trinajstić information content (AvgIpc) is 2.42. The zero-order chi connectivity index (χ0) is 18.5. The van der Waals surface area contributed by atoms with Gasteiger partial charge in [-0.05, 0) is 47.3 Å². The van der Waals surface area contributed by atoms with Gasteiger partial charge in [-0.3, -0.25) is 10.2 Å². The van der Waals surface area contributed by atoms with E-state index in [-0.39, 0.29) is 16.7 Å².